The highest BCUT2D eigenvalue weighted by Crippen LogP contribution is 2.75. The van der Waals surface area contributed by atoms with Crippen LogP contribution in [0.15, 0.2) is 11.6 Å². The number of hydrogen-bond acceptors (Lipinski definition) is 2. The third-order valence-corrected chi connectivity index (χ3v) is 12.7. The van der Waals surface area contributed by atoms with Crippen molar-refractivity contribution < 1.29 is 9.90 Å². The van der Waals surface area contributed by atoms with Crippen molar-refractivity contribution in [3.05, 3.63) is 11.6 Å². The SMILES string of the molecule is CC1(C)CC[C@]2(C)CC[C@]3(C)C(=CC[C@@H]4[C@@]5(C)CCC(=O)C(C)(C)[C@@H]5C(O)C[C@]43C)[C@@H]2C1. The predicted octanol–water partition coefficient (Wildman–Crippen LogP) is 7.35. The van der Waals surface area contributed by atoms with E-state index in [0.717, 1.165) is 19.3 Å². The number of hydrogen-bond donors (Lipinski definition) is 1. The molecule has 0 saturated heterocycles. The first kappa shape index (κ1) is 23.1. The Balaban J connectivity index is 1.61. The third-order valence-electron chi connectivity index (χ3n) is 12.7. The Morgan fingerprint density at radius 3 is 2.22 bits per heavy atom. The van der Waals surface area contributed by atoms with E-state index in [-0.39, 0.29) is 28.3 Å². The number of ketones is 1. The van der Waals surface area contributed by atoms with Gasteiger partial charge < -0.3 is 5.11 Å². The summed E-state index contributed by atoms with van der Waals surface area (Å²) in [6.07, 6.45) is 12.5. The highest BCUT2D eigenvalue weighted by molar-refractivity contribution is 5.85. The average Bonchev–Trinajstić information content (AvgIpc) is 2.67. The topological polar surface area (TPSA) is 37.3 Å². The summed E-state index contributed by atoms with van der Waals surface area (Å²) < 4.78 is 0. The summed E-state index contributed by atoms with van der Waals surface area (Å²) in [6, 6.07) is 0. The molecule has 0 aromatic carbocycles. The minimum absolute atomic E-state index is 0.0292. The number of allylic oxidation sites excluding steroid dienone is 2. The third kappa shape index (κ3) is 2.71. The number of fused-ring (bicyclic) bond motifs is 7. The molecular formula is C30H48O2. The lowest BCUT2D eigenvalue weighted by Gasteiger charge is -2.71. The van der Waals surface area contributed by atoms with Crippen LogP contribution < -0.4 is 0 Å². The van der Waals surface area contributed by atoms with E-state index in [4.69, 9.17) is 0 Å². The lowest BCUT2D eigenvalue weighted by atomic mass is 9.33. The maximum Gasteiger partial charge on any atom is 0.138 e. The Morgan fingerprint density at radius 2 is 1.53 bits per heavy atom. The molecule has 180 valence electrons. The molecule has 0 spiro atoms. The molecule has 0 aromatic rings. The molecule has 0 bridgehead atoms. The Bertz CT molecular complexity index is 866. The molecule has 32 heavy (non-hydrogen) atoms. The van der Waals surface area contributed by atoms with E-state index in [0.29, 0.717) is 34.9 Å². The zero-order chi connectivity index (χ0) is 23.5. The van der Waals surface area contributed by atoms with Crippen LogP contribution in [0.2, 0.25) is 0 Å². The van der Waals surface area contributed by atoms with Gasteiger partial charge in [0.05, 0.1) is 6.10 Å². The van der Waals surface area contributed by atoms with E-state index in [1.807, 2.05) is 0 Å². The normalized spacial score (nSPS) is 53.9. The van der Waals surface area contributed by atoms with Crippen LogP contribution in [0.25, 0.3) is 0 Å². The Hall–Kier alpha value is -0.630. The van der Waals surface area contributed by atoms with Crippen LogP contribution in [0.3, 0.4) is 0 Å². The highest BCUT2D eigenvalue weighted by atomic mass is 16.3. The minimum atomic E-state index is -0.419. The van der Waals surface area contributed by atoms with Crippen LogP contribution in [0.5, 0.6) is 0 Å². The minimum Gasteiger partial charge on any atom is -0.393 e. The van der Waals surface area contributed by atoms with Gasteiger partial charge in [-0.1, -0.05) is 67.0 Å². The van der Waals surface area contributed by atoms with Gasteiger partial charge in [-0.05, 0) is 90.3 Å². The van der Waals surface area contributed by atoms with E-state index in [1.54, 1.807) is 5.57 Å². The Labute approximate surface area is 197 Å². The summed E-state index contributed by atoms with van der Waals surface area (Å²) in [7, 11) is 0. The molecule has 5 aliphatic rings. The number of Topliss-reactive ketones (excluding diaryl/α,β-unsaturated/α-hetero) is 1. The first-order valence-corrected chi connectivity index (χ1v) is 13.5. The molecule has 1 N–H and O–H groups in total. The van der Waals surface area contributed by atoms with Crippen molar-refractivity contribution >= 4 is 5.78 Å². The maximum atomic E-state index is 12.9. The number of carbonyl (C=O) groups excluding carboxylic acids is 1. The van der Waals surface area contributed by atoms with Gasteiger partial charge >= 0.3 is 0 Å². The van der Waals surface area contributed by atoms with E-state index < -0.39 is 5.41 Å². The van der Waals surface area contributed by atoms with Crippen LogP contribution >= 0.6 is 0 Å². The largest absolute Gasteiger partial charge is 0.393 e. The van der Waals surface area contributed by atoms with Crippen LogP contribution in [-0.2, 0) is 4.79 Å². The molecule has 4 saturated carbocycles. The van der Waals surface area contributed by atoms with Gasteiger partial charge in [0.2, 0.25) is 0 Å². The second-order valence-corrected chi connectivity index (χ2v) is 15.2. The second kappa shape index (κ2) is 6.52. The number of aliphatic hydroxyl groups is 1. The van der Waals surface area contributed by atoms with E-state index in [1.165, 1.54) is 32.1 Å². The molecule has 8 atom stereocenters. The second-order valence-electron chi connectivity index (χ2n) is 15.2. The summed E-state index contributed by atoms with van der Waals surface area (Å²) in [5.74, 6) is 1.68. The lowest BCUT2D eigenvalue weighted by Crippen LogP contribution is -2.67. The molecule has 4 fully saturated rings. The van der Waals surface area contributed by atoms with Gasteiger partial charge in [0.15, 0.2) is 0 Å². The maximum absolute atomic E-state index is 12.9. The lowest BCUT2D eigenvalue weighted by molar-refractivity contribution is -0.218. The van der Waals surface area contributed by atoms with E-state index in [2.05, 4.69) is 61.5 Å². The fraction of sp³-hybridized carbons (Fsp3) is 0.900. The van der Waals surface area contributed by atoms with Crippen molar-refractivity contribution in [3.8, 4) is 0 Å². The molecule has 2 nitrogen and oxygen atoms in total. The standard InChI is InChI=1S/C30H48O2/c1-25(2)13-14-27(5)15-16-29(7)19(20(27)17-25)9-10-22-28(6)12-11-23(32)26(3,4)24(28)21(31)18-30(22,29)8/h9,20-22,24,31H,10-18H2,1-8H3/t20-,21?,22+,24-,27+,28+,29+,30+/m0/s1. The van der Waals surface area contributed by atoms with Gasteiger partial charge in [0.1, 0.15) is 5.78 Å². The molecular weight excluding hydrogens is 392 g/mol. The van der Waals surface area contributed by atoms with Crippen molar-refractivity contribution in [2.45, 2.75) is 119 Å². The molecule has 5 aliphatic carbocycles. The molecule has 0 amide bonds. The predicted molar refractivity (Wildman–Crippen MR) is 131 cm³/mol. The summed E-state index contributed by atoms with van der Waals surface area (Å²) in [5.41, 5.74) is 2.49. The fourth-order valence-electron chi connectivity index (χ4n) is 10.5. The summed E-state index contributed by atoms with van der Waals surface area (Å²) in [4.78, 5) is 12.9. The molecule has 1 unspecified atom stereocenters. The van der Waals surface area contributed by atoms with Gasteiger partial charge in [-0.15, -0.1) is 0 Å². The first-order valence-electron chi connectivity index (χ1n) is 13.5. The zero-order valence-electron chi connectivity index (χ0n) is 22.1. The zero-order valence-corrected chi connectivity index (χ0v) is 22.1. The van der Waals surface area contributed by atoms with Crippen LogP contribution in [0.4, 0.5) is 0 Å². The molecule has 0 aliphatic heterocycles. The van der Waals surface area contributed by atoms with Crippen molar-refractivity contribution in [1.29, 1.82) is 0 Å². The molecule has 0 heterocycles. The monoisotopic (exact) mass is 440 g/mol. The van der Waals surface area contributed by atoms with Gasteiger partial charge in [-0.3, -0.25) is 4.79 Å². The molecule has 0 radical (unpaired) electrons. The molecule has 5 rings (SSSR count). The summed E-state index contributed by atoms with van der Waals surface area (Å²) in [5, 5.41) is 11.7. The van der Waals surface area contributed by atoms with Crippen molar-refractivity contribution in [2.75, 3.05) is 0 Å². The van der Waals surface area contributed by atoms with Crippen molar-refractivity contribution in [1.82, 2.24) is 0 Å². The van der Waals surface area contributed by atoms with Gasteiger partial charge in [-0.25, -0.2) is 0 Å². The number of aliphatic hydroxyl groups excluding tert-OH is 1. The van der Waals surface area contributed by atoms with Crippen LogP contribution in [-0.4, -0.2) is 17.0 Å². The number of rotatable bonds is 0. The Kier molecular flexibility index (Phi) is 4.71. The van der Waals surface area contributed by atoms with E-state index in [9.17, 15) is 9.90 Å². The quantitative estimate of drug-likeness (QED) is 0.400. The average molecular weight is 441 g/mol. The summed E-state index contributed by atoms with van der Waals surface area (Å²) >= 11 is 0. The van der Waals surface area contributed by atoms with Gasteiger partial charge in [-0.2, -0.15) is 0 Å². The number of carbonyl (C=O) groups is 1. The first-order chi connectivity index (χ1) is 14.6. The molecule has 0 aromatic heterocycles. The van der Waals surface area contributed by atoms with Crippen LogP contribution in [0.1, 0.15) is 113 Å². The molecule has 2 heteroatoms. The van der Waals surface area contributed by atoms with Crippen molar-refractivity contribution in [2.24, 2.45) is 50.2 Å². The Morgan fingerprint density at radius 1 is 0.875 bits per heavy atom. The van der Waals surface area contributed by atoms with Crippen LogP contribution in [0, 0.1) is 50.2 Å². The van der Waals surface area contributed by atoms with Gasteiger partial charge in [0.25, 0.3) is 0 Å². The highest BCUT2D eigenvalue weighted by Gasteiger charge is 2.69. The summed E-state index contributed by atoms with van der Waals surface area (Å²) in [6.45, 7) is 19.3. The smallest absolute Gasteiger partial charge is 0.138 e. The van der Waals surface area contributed by atoms with E-state index >= 15 is 0 Å². The van der Waals surface area contributed by atoms with Gasteiger partial charge in [0, 0.05) is 17.8 Å². The van der Waals surface area contributed by atoms with Crippen molar-refractivity contribution in [3.63, 3.8) is 0 Å². The fourth-order valence-corrected chi connectivity index (χ4v) is 10.5.